The van der Waals surface area contributed by atoms with Crippen LogP contribution in [0.15, 0.2) is 35.0 Å². The predicted octanol–water partition coefficient (Wildman–Crippen LogP) is 3.49. The molecular formula is C15H19NOS. The first-order valence-electron chi connectivity index (χ1n) is 6.08. The van der Waals surface area contributed by atoms with Crippen LogP contribution in [-0.2, 0) is 24.4 Å². The lowest BCUT2D eigenvalue weighted by Crippen LogP contribution is -2.12. The molecule has 1 heterocycles. The van der Waals surface area contributed by atoms with Crippen LogP contribution in [0.1, 0.15) is 22.3 Å². The molecule has 0 amide bonds. The summed E-state index contributed by atoms with van der Waals surface area (Å²) in [5, 5.41) is 7.88. The van der Waals surface area contributed by atoms with Crippen LogP contribution in [0, 0.1) is 6.92 Å². The van der Waals surface area contributed by atoms with Crippen molar-refractivity contribution in [3.05, 3.63) is 57.3 Å². The lowest BCUT2D eigenvalue weighted by molar-refractivity contribution is 0.185. The second-order valence-corrected chi connectivity index (χ2v) is 5.18. The van der Waals surface area contributed by atoms with Crippen molar-refractivity contribution in [2.75, 3.05) is 7.11 Å². The monoisotopic (exact) mass is 261 g/mol. The van der Waals surface area contributed by atoms with E-state index in [1.54, 1.807) is 18.4 Å². The predicted molar refractivity (Wildman–Crippen MR) is 76.8 cm³/mol. The molecule has 0 saturated carbocycles. The Balaban J connectivity index is 1.86. The zero-order valence-electron chi connectivity index (χ0n) is 10.9. The normalized spacial score (nSPS) is 10.8. The van der Waals surface area contributed by atoms with Crippen LogP contribution < -0.4 is 5.32 Å². The van der Waals surface area contributed by atoms with Crippen molar-refractivity contribution in [1.82, 2.24) is 5.32 Å². The second kappa shape index (κ2) is 6.69. The van der Waals surface area contributed by atoms with Crippen molar-refractivity contribution < 1.29 is 4.74 Å². The lowest BCUT2D eigenvalue weighted by atomic mass is 10.1. The first-order valence-corrected chi connectivity index (χ1v) is 7.03. The average Bonchev–Trinajstić information content (AvgIpc) is 2.76. The number of hydrogen-bond acceptors (Lipinski definition) is 3. The van der Waals surface area contributed by atoms with Gasteiger partial charge in [0.1, 0.15) is 0 Å². The smallest absolute Gasteiger partial charge is 0.0713 e. The van der Waals surface area contributed by atoms with Gasteiger partial charge in [-0.25, -0.2) is 0 Å². The van der Waals surface area contributed by atoms with Crippen LogP contribution in [-0.4, -0.2) is 7.11 Å². The first-order chi connectivity index (χ1) is 8.79. The van der Waals surface area contributed by atoms with Crippen molar-refractivity contribution in [2.24, 2.45) is 0 Å². The van der Waals surface area contributed by atoms with Gasteiger partial charge in [0.25, 0.3) is 0 Å². The molecule has 1 aromatic carbocycles. The van der Waals surface area contributed by atoms with Crippen LogP contribution >= 0.6 is 11.3 Å². The minimum atomic E-state index is 0.678. The number of rotatable bonds is 6. The third kappa shape index (κ3) is 3.67. The summed E-state index contributed by atoms with van der Waals surface area (Å²) in [5.74, 6) is 0. The number of nitrogens with one attached hydrogen (secondary N) is 1. The molecule has 0 aliphatic rings. The summed E-state index contributed by atoms with van der Waals surface area (Å²) in [4.78, 5) is 0. The molecule has 2 aromatic rings. The van der Waals surface area contributed by atoms with Crippen LogP contribution in [0.3, 0.4) is 0 Å². The van der Waals surface area contributed by atoms with Crippen molar-refractivity contribution in [1.29, 1.82) is 0 Å². The Bertz CT molecular complexity index is 493. The van der Waals surface area contributed by atoms with Gasteiger partial charge in [-0.1, -0.05) is 24.3 Å². The van der Waals surface area contributed by atoms with Gasteiger partial charge in [-0.3, -0.25) is 0 Å². The molecule has 96 valence electrons. The Morgan fingerprint density at radius 1 is 1.17 bits per heavy atom. The summed E-state index contributed by atoms with van der Waals surface area (Å²) in [6.07, 6.45) is 0. The van der Waals surface area contributed by atoms with E-state index in [1.165, 1.54) is 22.3 Å². The molecule has 1 aromatic heterocycles. The van der Waals surface area contributed by atoms with Crippen molar-refractivity contribution in [2.45, 2.75) is 26.6 Å². The number of ether oxygens (including phenoxy) is 1. The number of benzene rings is 1. The minimum absolute atomic E-state index is 0.678. The van der Waals surface area contributed by atoms with Gasteiger partial charge in [0.15, 0.2) is 0 Å². The third-order valence-corrected chi connectivity index (χ3v) is 3.82. The first kappa shape index (κ1) is 13.3. The zero-order chi connectivity index (χ0) is 12.8. The fourth-order valence-electron chi connectivity index (χ4n) is 1.91. The van der Waals surface area contributed by atoms with Gasteiger partial charge in [-0.05, 0) is 39.9 Å². The Labute approximate surface area is 113 Å². The van der Waals surface area contributed by atoms with Crippen molar-refractivity contribution in [3.8, 4) is 0 Å². The summed E-state index contributed by atoms with van der Waals surface area (Å²) in [6, 6.07) is 8.51. The Morgan fingerprint density at radius 2 is 2.00 bits per heavy atom. The standard InChI is InChI=1S/C15H19NOS/c1-12-10-18-11-15(12)8-16-7-13-4-3-5-14(6-13)9-17-2/h3-6,10-11,16H,7-9H2,1-2H3. The van der Waals surface area contributed by atoms with Crippen molar-refractivity contribution >= 4 is 11.3 Å². The lowest BCUT2D eigenvalue weighted by Gasteiger charge is -2.07. The van der Waals surface area contributed by atoms with Gasteiger partial charge in [0.05, 0.1) is 6.61 Å². The van der Waals surface area contributed by atoms with E-state index < -0.39 is 0 Å². The molecule has 0 aliphatic carbocycles. The third-order valence-electron chi connectivity index (χ3n) is 2.91. The highest BCUT2D eigenvalue weighted by Gasteiger charge is 1.99. The molecular weight excluding hydrogens is 242 g/mol. The summed E-state index contributed by atoms with van der Waals surface area (Å²) in [5.41, 5.74) is 5.30. The maximum atomic E-state index is 5.14. The molecule has 2 nitrogen and oxygen atoms in total. The van der Waals surface area contributed by atoms with E-state index in [-0.39, 0.29) is 0 Å². The summed E-state index contributed by atoms with van der Waals surface area (Å²) < 4.78 is 5.14. The van der Waals surface area contributed by atoms with E-state index in [4.69, 9.17) is 4.74 Å². The van der Waals surface area contributed by atoms with Crippen LogP contribution in [0.2, 0.25) is 0 Å². The van der Waals surface area contributed by atoms with Gasteiger partial charge >= 0.3 is 0 Å². The molecule has 0 aliphatic heterocycles. The van der Waals surface area contributed by atoms with Crippen LogP contribution in [0.5, 0.6) is 0 Å². The maximum absolute atomic E-state index is 5.14. The Morgan fingerprint density at radius 3 is 2.72 bits per heavy atom. The Kier molecular flexibility index (Phi) is 4.93. The molecule has 0 spiro atoms. The highest BCUT2D eigenvalue weighted by atomic mass is 32.1. The molecule has 0 fully saturated rings. The van der Waals surface area contributed by atoms with E-state index in [1.807, 2.05) is 0 Å². The molecule has 2 rings (SSSR count). The number of thiophene rings is 1. The van der Waals surface area contributed by atoms with Gasteiger partial charge in [-0.15, -0.1) is 0 Å². The van der Waals surface area contributed by atoms with E-state index in [0.717, 1.165) is 13.1 Å². The molecule has 0 saturated heterocycles. The number of methoxy groups -OCH3 is 1. The van der Waals surface area contributed by atoms with Crippen LogP contribution in [0.4, 0.5) is 0 Å². The largest absolute Gasteiger partial charge is 0.380 e. The zero-order valence-corrected chi connectivity index (χ0v) is 11.7. The fraction of sp³-hybridized carbons (Fsp3) is 0.333. The van der Waals surface area contributed by atoms with Gasteiger partial charge in [0, 0.05) is 20.2 Å². The summed E-state index contributed by atoms with van der Waals surface area (Å²) in [7, 11) is 1.73. The van der Waals surface area contributed by atoms with Crippen molar-refractivity contribution in [3.63, 3.8) is 0 Å². The molecule has 1 N–H and O–H groups in total. The van der Waals surface area contributed by atoms with E-state index in [0.29, 0.717) is 6.61 Å². The second-order valence-electron chi connectivity index (χ2n) is 4.44. The minimum Gasteiger partial charge on any atom is -0.380 e. The van der Waals surface area contributed by atoms with E-state index in [9.17, 15) is 0 Å². The fourth-order valence-corrected chi connectivity index (χ4v) is 2.76. The van der Waals surface area contributed by atoms with Crippen LogP contribution in [0.25, 0.3) is 0 Å². The molecule has 0 atom stereocenters. The maximum Gasteiger partial charge on any atom is 0.0713 e. The molecule has 18 heavy (non-hydrogen) atoms. The SMILES string of the molecule is COCc1cccc(CNCc2cscc2C)c1. The highest BCUT2D eigenvalue weighted by Crippen LogP contribution is 2.13. The van der Waals surface area contributed by atoms with E-state index >= 15 is 0 Å². The Hall–Kier alpha value is -1.16. The molecule has 0 bridgehead atoms. The quantitative estimate of drug-likeness (QED) is 0.859. The highest BCUT2D eigenvalue weighted by molar-refractivity contribution is 7.08. The summed E-state index contributed by atoms with van der Waals surface area (Å²) in [6.45, 7) is 4.67. The molecule has 3 heteroatoms. The van der Waals surface area contributed by atoms with Gasteiger partial charge in [-0.2, -0.15) is 11.3 Å². The summed E-state index contributed by atoms with van der Waals surface area (Å²) >= 11 is 1.76. The number of hydrogen-bond donors (Lipinski definition) is 1. The van der Waals surface area contributed by atoms with Gasteiger partial charge in [0.2, 0.25) is 0 Å². The van der Waals surface area contributed by atoms with E-state index in [2.05, 4.69) is 47.3 Å². The topological polar surface area (TPSA) is 21.3 Å². The number of aryl methyl sites for hydroxylation is 1. The van der Waals surface area contributed by atoms with Gasteiger partial charge < -0.3 is 10.1 Å². The molecule has 0 unspecified atom stereocenters. The molecule has 0 radical (unpaired) electrons. The average molecular weight is 261 g/mol.